The predicted molar refractivity (Wildman–Crippen MR) is 74.2 cm³/mol. The summed E-state index contributed by atoms with van der Waals surface area (Å²) < 4.78 is 16.0. The van der Waals surface area contributed by atoms with Gasteiger partial charge in [-0.15, -0.1) is 0 Å². The molecule has 0 saturated carbocycles. The minimum atomic E-state index is -2.65. The van der Waals surface area contributed by atoms with Crippen molar-refractivity contribution in [3.63, 3.8) is 0 Å². The maximum Gasteiger partial charge on any atom is 0.380 e. The lowest BCUT2D eigenvalue weighted by atomic mass is 10.0. The Labute approximate surface area is 108 Å². The molecule has 3 nitrogen and oxygen atoms in total. The highest BCUT2D eigenvalue weighted by Crippen LogP contribution is 2.49. The van der Waals surface area contributed by atoms with E-state index < -0.39 is 6.72 Å². The summed E-state index contributed by atoms with van der Waals surface area (Å²) in [4.78, 5) is 0. The van der Waals surface area contributed by atoms with Crippen LogP contribution in [-0.2, 0) is 20.9 Å². The van der Waals surface area contributed by atoms with E-state index in [0.29, 0.717) is 5.92 Å². The highest BCUT2D eigenvalue weighted by molar-refractivity contribution is 8.07. The number of benzene rings is 1. The van der Waals surface area contributed by atoms with Gasteiger partial charge in [0.15, 0.2) is 0 Å². The van der Waals surface area contributed by atoms with E-state index in [4.69, 9.17) is 25.4 Å². The summed E-state index contributed by atoms with van der Waals surface area (Å²) in [6.07, 6.45) is 0. The zero-order valence-corrected chi connectivity index (χ0v) is 12.6. The monoisotopic (exact) mass is 274 g/mol. The summed E-state index contributed by atoms with van der Waals surface area (Å²) in [6.45, 7) is 3.60. The van der Waals surface area contributed by atoms with Gasteiger partial charge in [0, 0.05) is 26.0 Å². The number of rotatable bonds is 5. The summed E-state index contributed by atoms with van der Waals surface area (Å²) in [5, 5.41) is 0. The summed E-state index contributed by atoms with van der Waals surface area (Å²) in [5.74, 6) is 1.18. The minimum absolute atomic E-state index is 0.445. The lowest BCUT2D eigenvalue weighted by molar-refractivity contribution is 0.272. The molecule has 0 N–H and O–H groups in total. The Morgan fingerprint density at radius 1 is 1.18 bits per heavy atom. The quantitative estimate of drug-likeness (QED) is 0.758. The van der Waals surface area contributed by atoms with E-state index in [2.05, 4.69) is 19.9 Å². The zero-order valence-electron chi connectivity index (χ0n) is 10.9. The highest BCUT2D eigenvalue weighted by Gasteiger charge is 2.19. The SMILES string of the molecule is COP(=S)(OC)Oc1cc(C(C)C)ccc1C. The Bertz CT molecular complexity index is 424. The van der Waals surface area contributed by atoms with Crippen molar-refractivity contribution in [1.82, 2.24) is 0 Å². The molecule has 0 saturated heterocycles. The lowest BCUT2D eigenvalue weighted by Crippen LogP contribution is -1.99. The molecule has 17 heavy (non-hydrogen) atoms. The maximum atomic E-state index is 5.70. The number of hydrogen-bond acceptors (Lipinski definition) is 4. The average Bonchev–Trinajstić information content (AvgIpc) is 2.31. The molecule has 0 amide bonds. The van der Waals surface area contributed by atoms with Crippen molar-refractivity contribution in [1.29, 1.82) is 0 Å². The van der Waals surface area contributed by atoms with Crippen LogP contribution in [0.4, 0.5) is 0 Å². The van der Waals surface area contributed by atoms with Crippen molar-refractivity contribution in [3.8, 4) is 5.75 Å². The van der Waals surface area contributed by atoms with Crippen LogP contribution in [0.3, 0.4) is 0 Å². The van der Waals surface area contributed by atoms with E-state index in [-0.39, 0.29) is 0 Å². The molecule has 0 spiro atoms. The molecule has 96 valence electrons. The van der Waals surface area contributed by atoms with Gasteiger partial charge in [-0.1, -0.05) is 26.0 Å². The van der Waals surface area contributed by atoms with Gasteiger partial charge >= 0.3 is 6.72 Å². The van der Waals surface area contributed by atoms with Gasteiger partial charge in [-0.25, -0.2) is 0 Å². The third kappa shape index (κ3) is 3.78. The van der Waals surface area contributed by atoms with Crippen molar-refractivity contribution < 1.29 is 13.6 Å². The zero-order chi connectivity index (χ0) is 13.1. The molecule has 0 fully saturated rings. The summed E-state index contributed by atoms with van der Waals surface area (Å²) in [7, 11) is 3.01. The van der Waals surface area contributed by atoms with Gasteiger partial charge in [0.05, 0.1) is 0 Å². The van der Waals surface area contributed by atoms with E-state index in [0.717, 1.165) is 11.3 Å². The standard InChI is InChI=1S/C12H19O3PS/c1-9(2)11-7-6-10(3)12(8-11)15-16(17,13-4)14-5/h6-9H,1-5H3. The normalized spacial score (nSPS) is 11.9. The fourth-order valence-electron chi connectivity index (χ4n) is 1.34. The Morgan fingerprint density at radius 3 is 2.24 bits per heavy atom. The highest BCUT2D eigenvalue weighted by atomic mass is 32.5. The maximum absolute atomic E-state index is 5.70. The smallest absolute Gasteiger partial charge is 0.380 e. The molecule has 0 aromatic heterocycles. The number of hydrogen-bond donors (Lipinski definition) is 0. The lowest BCUT2D eigenvalue weighted by Gasteiger charge is -2.20. The number of aryl methyl sites for hydroxylation is 1. The van der Waals surface area contributed by atoms with Crippen molar-refractivity contribution in [3.05, 3.63) is 29.3 Å². The fourth-order valence-corrected chi connectivity index (χ4v) is 2.32. The summed E-state index contributed by atoms with van der Waals surface area (Å²) >= 11 is 5.20. The van der Waals surface area contributed by atoms with E-state index >= 15 is 0 Å². The van der Waals surface area contributed by atoms with Crippen LogP contribution in [0, 0.1) is 6.92 Å². The molecule has 0 bridgehead atoms. The van der Waals surface area contributed by atoms with Gasteiger partial charge in [-0.05, 0) is 30.0 Å². The summed E-state index contributed by atoms with van der Waals surface area (Å²) in [5.41, 5.74) is 2.23. The molecule has 0 aliphatic carbocycles. The molecule has 1 aromatic carbocycles. The van der Waals surface area contributed by atoms with Crippen LogP contribution in [0.15, 0.2) is 18.2 Å². The predicted octanol–water partition coefficient (Wildman–Crippen LogP) is 4.01. The molecule has 0 aliphatic heterocycles. The Kier molecular flexibility index (Phi) is 5.14. The molecule has 0 atom stereocenters. The minimum Gasteiger partial charge on any atom is -0.424 e. The van der Waals surface area contributed by atoms with E-state index in [1.807, 2.05) is 19.1 Å². The third-order valence-electron chi connectivity index (χ3n) is 2.54. The molecule has 5 heteroatoms. The van der Waals surface area contributed by atoms with Crippen molar-refractivity contribution in [2.45, 2.75) is 26.7 Å². The molecular weight excluding hydrogens is 255 g/mol. The summed E-state index contributed by atoms with van der Waals surface area (Å²) in [6, 6.07) is 6.12. The van der Waals surface area contributed by atoms with Crippen LogP contribution in [0.5, 0.6) is 5.75 Å². The largest absolute Gasteiger partial charge is 0.424 e. The van der Waals surface area contributed by atoms with Crippen molar-refractivity contribution >= 4 is 18.5 Å². The second kappa shape index (κ2) is 5.96. The van der Waals surface area contributed by atoms with E-state index in [1.54, 1.807) is 0 Å². The Morgan fingerprint density at radius 2 is 1.76 bits per heavy atom. The van der Waals surface area contributed by atoms with E-state index in [9.17, 15) is 0 Å². The molecule has 0 heterocycles. The Hall–Kier alpha value is -0.410. The van der Waals surface area contributed by atoms with Crippen LogP contribution in [0.2, 0.25) is 0 Å². The van der Waals surface area contributed by atoms with Gasteiger partial charge in [-0.3, -0.25) is 0 Å². The fraction of sp³-hybridized carbons (Fsp3) is 0.500. The topological polar surface area (TPSA) is 27.7 Å². The first-order valence-corrected chi connectivity index (χ1v) is 7.99. The van der Waals surface area contributed by atoms with Gasteiger partial charge in [0.2, 0.25) is 0 Å². The van der Waals surface area contributed by atoms with E-state index in [1.165, 1.54) is 19.8 Å². The van der Waals surface area contributed by atoms with Crippen LogP contribution < -0.4 is 4.52 Å². The van der Waals surface area contributed by atoms with Gasteiger partial charge < -0.3 is 13.6 Å². The molecule has 0 radical (unpaired) electrons. The van der Waals surface area contributed by atoms with Crippen LogP contribution in [-0.4, -0.2) is 14.2 Å². The first-order valence-electron chi connectivity index (χ1n) is 5.43. The Balaban J connectivity index is 3.05. The second-order valence-corrected chi connectivity index (χ2v) is 7.23. The molecular formula is C12H19O3PS. The molecule has 1 aromatic rings. The van der Waals surface area contributed by atoms with Crippen molar-refractivity contribution in [2.75, 3.05) is 14.2 Å². The van der Waals surface area contributed by atoms with Gasteiger partial charge in [0.25, 0.3) is 0 Å². The molecule has 0 unspecified atom stereocenters. The van der Waals surface area contributed by atoms with Crippen LogP contribution in [0.25, 0.3) is 0 Å². The van der Waals surface area contributed by atoms with Gasteiger partial charge in [0.1, 0.15) is 5.75 Å². The van der Waals surface area contributed by atoms with Gasteiger partial charge in [-0.2, -0.15) is 0 Å². The molecule has 1 rings (SSSR count). The first kappa shape index (κ1) is 14.7. The third-order valence-corrected chi connectivity index (χ3v) is 4.97. The van der Waals surface area contributed by atoms with Crippen LogP contribution >= 0.6 is 6.72 Å². The van der Waals surface area contributed by atoms with Crippen molar-refractivity contribution in [2.24, 2.45) is 0 Å². The second-order valence-electron chi connectivity index (χ2n) is 4.08. The first-order chi connectivity index (χ1) is 7.91. The molecule has 0 aliphatic rings. The van der Waals surface area contributed by atoms with Crippen LogP contribution in [0.1, 0.15) is 30.9 Å². The average molecular weight is 274 g/mol.